The SMILES string of the molecule is COc1ccc(CN(C)C(=O)[C@@H](C)N(c2cc(OC)ccc2OC)S(C)(=O)=O)cc1. The van der Waals surface area contributed by atoms with E-state index < -0.39 is 16.1 Å². The van der Waals surface area contributed by atoms with Crippen molar-refractivity contribution in [3.8, 4) is 17.2 Å². The van der Waals surface area contributed by atoms with Gasteiger partial charge in [-0.15, -0.1) is 0 Å². The molecule has 0 saturated heterocycles. The molecule has 0 N–H and O–H groups in total. The Balaban J connectivity index is 2.34. The van der Waals surface area contributed by atoms with Crippen LogP contribution in [0.5, 0.6) is 17.2 Å². The molecule has 0 aliphatic heterocycles. The molecule has 9 heteroatoms. The Morgan fingerprint density at radius 1 is 0.967 bits per heavy atom. The van der Waals surface area contributed by atoms with Crippen LogP contribution in [0.2, 0.25) is 0 Å². The summed E-state index contributed by atoms with van der Waals surface area (Å²) in [6.07, 6.45) is 1.05. The number of hydrogen-bond donors (Lipinski definition) is 0. The first-order chi connectivity index (χ1) is 14.1. The number of benzene rings is 2. The summed E-state index contributed by atoms with van der Waals surface area (Å²) in [6, 6.07) is 11.1. The highest BCUT2D eigenvalue weighted by atomic mass is 32.2. The monoisotopic (exact) mass is 436 g/mol. The van der Waals surface area contributed by atoms with Gasteiger partial charge in [-0.1, -0.05) is 12.1 Å². The molecule has 0 saturated carbocycles. The summed E-state index contributed by atoms with van der Waals surface area (Å²) < 4.78 is 42.0. The topological polar surface area (TPSA) is 85.4 Å². The highest BCUT2D eigenvalue weighted by Crippen LogP contribution is 2.35. The summed E-state index contributed by atoms with van der Waals surface area (Å²) in [5, 5.41) is 0. The van der Waals surface area contributed by atoms with E-state index in [0.29, 0.717) is 18.0 Å². The molecule has 0 aliphatic carbocycles. The second-order valence-electron chi connectivity index (χ2n) is 6.81. The van der Waals surface area contributed by atoms with Crippen LogP contribution >= 0.6 is 0 Å². The van der Waals surface area contributed by atoms with Crippen LogP contribution in [0, 0.1) is 0 Å². The van der Waals surface area contributed by atoms with E-state index in [1.54, 1.807) is 45.3 Å². The largest absolute Gasteiger partial charge is 0.497 e. The molecule has 0 aliphatic rings. The zero-order valence-corrected chi connectivity index (χ0v) is 18.9. The number of carbonyl (C=O) groups is 1. The van der Waals surface area contributed by atoms with Crippen molar-refractivity contribution in [3.63, 3.8) is 0 Å². The van der Waals surface area contributed by atoms with E-state index in [0.717, 1.165) is 21.9 Å². The van der Waals surface area contributed by atoms with E-state index in [-0.39, 0.29) is 11.6 Å². The zero-order chi connectivity index (χ0) is 22.5. The van der Waals surface area contributed by atoms with E-state index in [1.165, 1.54) is 25.2 Å². The van der Waals surface area contributed by atoms with Gasteiger partial charge in [-0.3, -0.25) is 9.10 Å². The van der Waals surface area contributed by atoms with Crippen molar-refractivity contribution >= 4 is 21.6 Å². The van der Waals surface area contributed by atoms with E-state index in [1.807, 2.05) is 12.1 Å². The maximum atomic E-state index is 13.1. The molecule has 1 atom stereocenters. The summed E-state index contributed by atoms with van der Waals surface area (Å²) in [5.74, 6) is 1.12. The van der Waals surface area contributed by atoms with E-state index in [4.69, 9.17) is 14.2 Å². The zero-order valence-electron chi connectivity index (χ0n) is 18.1. The smallest absolute Gasteiger partial charge is 0.246 e. The lowest BCUT2D eigenvalue weighted by Crippen LogP contribution is -2.48. The van der Waals surface area contributed by atoms with Crippen molar-refractivity contribution in [2.45, 2.75) is 19.5 Å². The predicted molar refractivity (Wildman–Crippen MR) is 116 cm³/mol. The number of carbonyl (C=O) groups excluding carboxylic acids is 1. The van der Waals surface area contributed by atoms with Crippen molar-refractivity contribution in [1.82, 2.24) is 4.90 Å². The molecular formula is C21H28N2O6S. The van der Waals surface area contributed by atoms with Gasteiger partial charge in [0.05, 0.1) is 33.3 Å². The number of rotatable bonds is 9. The van der Waals surface area contributed by atoms with Crippen LogP contribution in [0.15, 0.2) is 42.5 Å². The Morgan fingerprint density at radius 3 is 2.03 bits per heavy atom. The van der Waals surface area contributed by atoms with Crippen molar-refractivity contribution in [1.29, 1.82) is 0 Å². The second-order valence-corrected chi connectivity index (χ2v) is 8.67. The number of likely N-dealkylation sites (N-methyl/N-ethyl adjacent to an activating group) is 1. The minimum atomic E-state index is -3.80. The minimum absolute atomic E-state index is 0.234. The Bertz CT molecular complexity index is 975. The minimum Gasteiger partial charge on any atom is -0.497 e. The molecule has 2 aromatic rings. The summed E-state index contributed by atoms with van der Waals surface area (Å²) in [5.41, 5.74) is 1.13. The molecule has 0 bridgehead atoms. The maximum Gasteiger partial charge on any atom is 0.246 e. The van der Waals surface area contributed by atoms with Gasteiger partial charge >= 0.3 is 0 Å². The molecule has 0 aromatic heterocycles. The van der Waals surface area contributed by atoms with Gasteiger partial charge in [-0.25, -0.2) is 8.42 Å². The average Bonchev–Trinajstić information content (AvgIpc) is 2.72. The standard InChI is InChI=1S/C21H28N2O6S/c1-15(21(24)22(2)14-16-7-9-17(27-3)10-8-16)23(30(6,25)26)19-13-18(28-4)11-12-20(19)29-5/h7-13,15H,14H2,1-6H3/t15-/m1/s1. The number of hydrogen-bond acceptors (Lipinski definition) is 6. The summed E-state index contributed by atoms with van der Waals surface area (Å²) in [4.78, 5) is 14.6. The van der Waals surface area contributed by atoms with Crippen molar-refractivity contribution in [2.24, 2.45) is 0 Å². The average molecular weight is 437 g/mol. The molecule has 8 nitrogen and oxygen atoms in total. The summed E-state index contributed by atoms with van der Waals surface area (Å²) in [6.45, 7) is 1.87. The van der Waals surface area contributed by atoms with Gasteiger partial charge in [-0.05, 0) is 36.8 Å². The van der Waals surface area contributed by atoms with Crippen LogP contribution in [0.25, 0.3) is 0 Å². The lowest BCUT2D eigenvalue weighted by molar-refractivity contribution is -0.131. The Hall–Kier alpha value is -2.94. The Morgan fingerprint density at radius 2 is 1.53 bits per heavy atom. The fraction of sp³-hybridized carbons (Fsp3) is 0.381. The van der Waals surface area contributed by atoms with Gasteiger partial charge in [0.15, 0.2) is 0 Å². The number of amides is 1. The summed E-state index contributed by atoms with van der Waals surface area (Å²) in [7, 11) is 2.33. The van der Waals surface area contributed by atoms with Crippen LogP contribution in [-0.4, -0.2) is 59.9 Å². The molecule has 30 heavy (non-hydrogen) atoms. The molecule has 1 amide bonds. The fourth-order valence-electron chi connectivity index (χ4n) is 3.15. The fourth-order valence-corrected chi connectivity index (χ4v) is 4.31. The molecule has 0 spiro atoms. The first-order valence-corrected chi connectivity index (χ1v) is 11.1. The van der Waals surface area contributed by atoms with Gasteiger partial charge in [0.25, 0.3) is 0 Å². The number of sulfonamides is 1. The normalized spacial score (nSPS) is 12.1. The highest BCUT2D eigenvalue weighted by Gasteiger charge is 2.33. The maximum absolute atomic E-state index is 13.1. The number of anilines is 1. The number of nitrogens with zero attached hydrogens (tertiary/aromatic N) is 2. The van der Waals surface area contributed by atoms with E-state index in [2.05, 4.69) is 0 Å². The highest BCUT2D eigenvalue weighted by molar-refractivity contribution is 7.92. The van der Waals surface area contributed by atoms with Gasteiger partial charge in [0, 0.05) is 19.7 Å². The van der Waals surface area contributed by atoms with Crippen molar-refractivity contribution in [3.05, 3.63) is 48.0 Å². The van der Waals surface area contributed by atoms with Crippen LogP contribution in [0.1, 0.15) is 12.5 Å². The molecule has 2 rings (SSSR count). The van der Waals surface area contributed by atoms with Gasteiger partial charge in [0.1, 0.15) is 23.3 Å². The van der Waals surface area contributed by atoms with E-state index >= 15 is 0 Å². The molecule has 0 unspecified atom stereocenters. The van der Waals surface area contributed by atoms with Gasteiger partial charge < -0.3 is 19.1 Å². The second kappa shape index (κ2) is 9.71. The molecule has 2 aromatic carbocycles. The first-order valence-electron chi connectivity index (χ1n) is 9.21. The van der Waals surface area contributed by atoms with Crippen molar-refractivity contribution < 1.29 is 27.4 Å². The number of ether oxygens (including phenoxy) is 3. The molecule has 0 fully saturated rings. The lowest BCUT2D eigenvalue weighted by atomic mass is 10.2. The van der Waals surface area contributed by atoms with Crippen LogP contribution in [0.4, 0.5) is 5.69 Å². The van der Waals surface area contributed by atoms with Crippen molar-refractivity contribution in [2.75, 3.05) is 38.9 Å². The van der Waals surface area contributed by atoms with E-state index in [9.17, 15) is 13.2 Å². The third-order valence-corrected chi connectivity index (χ3v) is 5.87. The lowest BCUT2D eigenvalue weighted by Gasteiger charge is -2.32. The quantitative estimate of drug-likeness (QED) is 0.601. The molecular weight excluding hydrogens is 408 g/mol. The summed E-state index contributed by atoms with van der Waals surface area (Å²) >= 11 is 0. The third kappa shape index (κ3) is 5.35. The van der Waals surface area contributed by atoms with Gasteiger partial charge in [0.2, 0.25) is 15.9 Å². The Kier molecular flexibility index (Phi) is 7.55. The predicted octanol–water partition coefficient (Wildman–Crippen LogP) is 2.53. The molecule has 0 heterocycles. The third-order valence-electron chi connectivity index (χ3n) is 4.64. The number of methoxy groups -OCH3 is 3. The van der Waals surface area contributed by atoms with Gasteiger partial charge in [-0.2, -0.15) is 0 Å². The van der Waals surface area contributed by atoms with Crippen LogP contribution in [-0.2, 0) is 21.4 Å². The Labute approximate surface area is 178 Å². The van der Waals surface area contributed by atoms with Crippen LogP contribution < -0.4 is 18.5 Å². The molecule has 0 radical (unpaired) electrons. The van der Waals surface area contributed by atoms with Crippen LogP contribution in [0.3, 0.4) is 0 Å². The first kappa shape index (κ1) is 23.3. The molecule has 164 valence electrons.